The first-order valence-corrected chi connectivity index (χ1v) is 6.90. The third kappa shape index (κ3) is 2.88. The van der Waals surface area contributed by atoms with Crippen molar-refractivity contribution in [1.82, 2.24) is 25.5 Å². The van der Waals surface area contributed by atoms with Gasteiger partial charge in [-0.3, -0.25) is 0 Å². The van der Waals surface area contributed by atoms with Gasteiger partial charge in [0.1, 0.15) is 0 Å². The molecule has 1 aliphatic carbocycles. The summed E-state index contributed by atoms with van der Waals surface area (Å²) in [6.07, 6.45) is 2.47. The zero-order valence-electron chi connectivity index (χ0n) is 12.1. The fraction of sp³-hybridized carbons (Fsp3) is 0.923. The third-order valence-corrected chi connectivity index (χ3v) is 4.07. The van der Waals surface area contributed by atoms with E-state index in [1.54, 1.807) is 0 Å². The minimum atomic E-state index is 0.0887. The lowest BCUT2D eigenvalue weighted by Crippen LogP contribution is -2.36. The van der Waals surface area contributed by atoms with Crippen LogP contribution in [-0.4, -0.2) is 25.7 Å². The molecule has 0 amide bonds. The Morgan fingerprint density at radius 3 is 2.56 bits per heavy atom. The Balaban J connectivity index is 2.08. The predicted octanol–water partition coefficient (Wildman–Crippen LogP) is 2.17. The van der Waals surface area contributed by atoms with Crippen molar-refractivity contribution in [2.75, 3.05) is 0 Å². The van der Waals surface area contributed by atoms with Gasteiger partial charge in [0.2, 0.25) is 0 Å². The van der Waals surface area contributed by atoms with Crippen LogP contribution in [0.15, 0.2) is 0 Å². The Morgan fingerprint density at radius 1 is 1.28 bits per heavy atom. The summed E-state index contributed by atoms with van der Waals surface area (Å²) in [6.45, 7) is 11.8. The minimum absolute atomic E-state index is 0.0887. The average Bonchev–Trinajstić information content (AvgIpc) is 2.84. The van der Waals surface area contributed by atoms with Gasteiger partial charge >= 0.3 is 0 Å². The van der Waals surface area contributed by atoms with E-state index in [-0.39, 0.29) is 5.54 Å². The summed E-state index contributed by atoms with van der Waals surface area (Å²) in [4.78, 5) is 0. The molecule has 0 radical (unpaired) electrons. The van der Waals surface area contributed by atoms with Crippen molar-refractivity contribution < 1.29 is 0 Å². The van der Waals surface area contributed by atoms with Crippen molar-refractivity contribution in [3.05, 3.63) is 5.82 Å². The van der Waals surface area contributed by atoms with Crippen LogP contribution in [0.25, 0.3) is 0 Å². The first-order chi connectivity index (χ1) is 8.38. The first-order valence-electron chi connectivity index (χ1n) is 6.90. The Hall–Kier alpha value is -0.970. The first kappa shape index (κ1) is 13.5. The van der Waals surface area contributed by atoms with Crippen molar-refractivity contribution >= 4 is 0 Å². The Kier molecular flexibility index (Phi) is 3.71. The minimum Gasteiger partial charge on any atom is -0.305 e. The van der Waals surface area contributed by atoms with E-state index in [1.165, 1.54) is 12.8 Å². The molecule has 0 aromatic carbocycles. The largest absolute Gasteiger partial charge is 0.305 e. The molecular formula is C13H25N5. The molecule has 1 saturated carbocycles. The van der Waals surface area contributed by atoms with Gasteiger partial charge in [0, 0.05) is 5.54 Å². The lowest BCUT2D eigenvalue weighted by molar-refractivity contribution is 0.311. The molecule has 1 fully saturated rings. The van der Waals surface area contributed by atoms with Crippen LogP contribution in [0.5, 0.6) is 0 Å². The summed E-state index contributed by atoms with van der Waals surface area (Å²) < 4.78 is 2.03. The van der Waals surface area contributed by atoms with Gasteiger partial charge in [0.05, 0.1) is 12.6 Å². The summed E-state index contributed by atoms with van der Waals surface area (Å²) in [7, 11) is 0. The van der Waals surface area contributed by atoms with E-state index in [9.17, 15) is 0 Å². The molecule has 1 aromatic heterocycles. The second-order valence-corrected chi connectivity index (χ2v) is 6.62. The molecule has 0 bridgehead atoms. The molecule has 5 nitrogen and oxygen atoms in total. The summed E-state index contributed by atoms with van der Waals surface area (Å²) in [6, 6.07) is 0.465. The van der Waals surface area contributed by atoms with E-state index in [4.69, 9.17) is 0 Å². The molecule has 5 heteroatoms. The fourth-order valence-corrected chi connectivity index (χ4v) is 2.61. The van der Waals surface area contributed by atoms with Crippen LogP contribution in [0.3, 0.4) is 0 Å². The van der Waals surface area contributed by atoms with Crippen LogP contribution in [0.2, 0.25) is 0 Å². The summed E-state index contributed by atoms with van der Waals surface area (Å²) >= 11 is 0. The van der Waals surface area contributed by atoms with Crippen LogP contribution in [0.4, 0.5) is 0 Å². The smallest absolute Gasteiger partial charge is 0.165 e. The van der Waals surface area contributed by atoms with Crippen molar-refractivity contribution in [3.63, 3.8) is 0 Å². The Labute approximate surface area is 109 Å². The lowest BCUT2D eigenvalue weighted by atomic mass is 9.98. The van der Waals surface area contributed by atoms with Gasteiger partial charge in [-0.2, -0.15) is 0 Å². The zero-order chi connectivity index (χ0) is 13.3. The molecule has 18 heavy (non-hydrogen) atoms. The van der Waals surface area contributed by atoms with E-state index >= 15 is 0 Å². The molecule has 0 spiro atoms. The second-order valence-electron chi connectivity index (χ2n) is 6.62. The molecule has 1 heterocycles. The molecule has 0 aliphatic heterocycles. The molecule has 2 rings (SSSR count). The quantitative estimate of drug-likeness (QED) is 0.894. The summed E-state index contributed by atoms with van der Waals surface area (Å²) in [5.74, 6) is 2.38. The highest BCUT2D eigenvalue weighted by molar-refractivity contribution is 4.91. The second kappa shape index (κ2) is 4.96. The maximum absolute atomic E-state index is 4.20. The van der Waals surface area contributed by atoms with Gasteiger partial charge in [-0.15, -0.1) is 5.10 Å². The Bertz CT molecular complexity index is 392. The van der Waals surface area contributed by atoms with Gasteiger partial charge in [-0.25, -0.2) is 4.68 Å². The number of hydrogen-bond acceptors (Lipinski definition) is 4. The van der Waals surface area contributed by atoms with E-state index in [0.717, 1.165) is 18.3 Å². The van der Waals surface area contributed by atoms with Crippen molar-refractivity contribution in [2.24, 2.45) is 11.8 Å². The number of nitrogens with zero attached hydrogens (tertiary/aromatic N) is 4. The highest BCUT2D eigenvalue weighted by Crippen LogP contribution is 2.39. The van der Waals surface area contributed by atoms with Crippen LogP contribution in [-0.2, 0) is 6.54 Å². The van der Waals surface area contributed by atoms with Crippen molar-refractivity contribution in [1.29, 1.82) is 0 Å². The zero-order valence-corrected chi connectivity index (χ0v) is 12.1. The van der Waals surface area contributed by atoms with Gasteiger partial charge < -0.3 is 5.32 Å². The SMILES string of the molecule is CC1CCC(n2nnnc2CNC(C)(C)C)C1C. The van der Waals surface area contributed by atoms with Gasteiger partial charge in [-0.05, 0) is 55.9 Å². The number of tetrazole rings is 1. The monoisotopic (exact) mass is 251 g/mol. The number of nitrogens with one attached hydrogen (secondary N) is 1. The van der Waals surface area contributed by atoms with Crippen LogP contribution < -0.4 is 5.32 Å². The molecule has 1 aliphatic rings. The summed E-state index contributed by atoms with van der Waals surface area (Å²) in [5, 5.41) is 15.7. The van der Waals surface area contributed by atoms with Crippen molar-refractivity contribution in [3.8, 4) is 0 Å². The molecular weight excluding hydrogens is 226 g/mol. The third-order valence-electron chi connectivity index (χ3n) is 4.07. The van der Waals surface area contributed by atoms with Gasteiger partial charge in [-0.1, -0.05) is 13.8 Å². The van der Waals surface area contributed by atoms with Crippen LogP contribution in [0.1, 0.15) is 59.3 Å². The highest BCUT2D eigenvalue weighted by Gasteiger charge is 2.33. The van der Waals surface area contributed by atoms with E-state index in [0.29, 0.717) is 12.0 Å². The molecule has 0 saturated heterocycles. The number of rotatable bonds is 3. The molecule has 1 aromatic rings. The van der Waals surface area contributed by atoms with E-state index in [1.807, 2.05) is 4.68 Å². The lowest BCUT2D eigenvalue weighted by Gasteiger charge is -2.22. The van der Waals surface area contributed by atoms with Crippen LogP contribution in [0, 0.1) is 11.8 Å². The van der Waals surface area contributed by atoms with Crippen LogP contribution >= 0.6 is 0 Å². The molecule has 3 unspecified atom stereocenters. The van der Waals surface area contributed by atoms with Crippen molar-refractivity contribution in [2.45, 2.75) is 65.6 Å². The molecule has 102 valence electrons. The van der Waals surface area contributed by atoms with Gasteiger partial charge in [0.25, 0.3) is 0 Å². The molecule has 1 N–H and O–H groups in total. The van der Waals surface area contributed by atoms with E-state index in [2.05, 4.69) is 55.5 Å². The topological polar surface area (TPSA) is 55.6 Å². The fourth-order valence-electron chi connectivity index (χ4n) is 2.61. The van der Waals surface area contributed by atoms with Gasteiger partial charge in [0.15, 0.2) is 5.82 Å². The maximum Gasteiger partial charge on any atom is 0.165 e. The predicted molar refractivity (Wildman–Crippen MR) is 71.0 cm³/mol. The highest BCUT2D eigenvalue weighted by atomic mass is 15.6. The van der Waals surface area contributed by atoms with E-state index < -0.39 is 0 Å². The number of hydrogen-bond donors (Lipinski definition) is 1. The average molecular weight is 251 g/mol. The normalized spacial score (nSPS) is 28.8. The standard InChI is InChI=1S/C13H25N5/c1-9-6-7-11(10(9)2)18-12(15-16-17-18)8-14-13(3,4)5/h9-11,14H,6-8H2,1-5H3. The summed E-state index contributed by atoms with van der Waals surface area (Å²) in [5.41, 5.74) is 0.0887. The molecule has 3 atom stereocenters. The maximum atomic E-state index is 4.20. The number of aromatic nitrogens is 4. The Morgan fingerprint density at radius 2 is 2.00 bits per heavy atom.